The van der Waals surface area contributed by atoms with Crippen molar-refractivity contribution in [1.29, 1.82) is 0 Å². The molecule has 20 heavy (non-hydrogen) atoms. The number of alkyl halides is 3. The first-order valence-electron chi connectivity index (χ1n) is 5.45. The van der Waals surface area contributed by atoms with E-state index < -0.39 is 17.7 Å². The van der Waals surface area contributed by atoms with Crippen LogP contribution in [-0.4, -0.2) is 16.1 Å². The fraction of sp³-hybridized carbons (Fsp3) is 0.167. The molecule has 4 nitrogen and oxygen atoms in total. The van der Waals surface area contributed by atoms with E-state index in [-0.39, 0.29) is 11.4 Å². The first kappa shape index (κ1) is 14.3. The number of nitrogens with zero attached hydrogens (tertiary/aromatic N) is 1. The van der Waals surface area contributed by atoms with Gasteiger partial charge in [-0.2, -0.15) is 13.2 Å². The predicted molar refractivity (Wildman–Crippen MR) is 67.8 cm³/mol. The molecule has 0 aliphatic rings. The van der Waals surface area contributed by atoms with Crippen LogP contribution in [0, 0.1) is 0 Å². The van der Waals surface area contributed by atoms with Gasteiger partial charge in [0.05, 0.1) is 11.8 Å². The molecule has 8 heteroatoms. The molecule has 0 saturated carbocycles. The van der Waals surface area contributed by atoms with E-state index in [0.717, 1.165) is 23.5 Å². The van der Waals surface area contributed by atoms with Crippen LogP contribution >= 0.6 is 11.3 Å². The highest BCUT2D eigenvalue weighted by Crippen LogP contribution is 2.29. The number of rotatable bonds is 4. The molecule has 0 amide bonds. The fourth-order valence-electron chi connectivity index (χ4n) is 1.49. The third-order valence-corrected chi connectivity index (χ3v) is 3.36. The third kappa shape index (κ3) is 3.47. The molecular formula is C12H9F3N2O2S. The Bertz CT molecular complexity index is 625. The lowest BCUT2D eigenvalue weighted by Gasteiger charge is -2.09. The van der Waals surface area contributed by atoms with Gasteiger partial charge in [0.15, 0.2) is 5.13 Å². The number of anilines is 1. The number of carboxylic acids is 1. The van der Waals surface area contributed by atoms with Crippen molar-refractivity contribution in [1.82, 2.24) is 4.98 Å². The van der Waals surface area contributed by atoms with Crippen LogP contribution in [0.5, 0.6) is 0 Å². The maximum absolute atomic E-state index is 12.5. The van der Waals surface area contributed by atoms with Gasteiger partial charge in [-0.1, -0.05) is 23.5 Å². The van der Waals surface area contributed by atoms with Gasteiger partial charge in [0.2, 0.25) is 0 Å². The number of hydrogen-bond donors (Lipinski definition) is 2. The summed E-state index contributed by atoms with van der Waals surface area (Å²) in [5, 5.41) is 11.9. The number of carboxylic acid groups (broad SMARTS) is 1. The number of nitrogens with one attached hydrogen (secondary N) is 1. The highest BCUT2D eigenvalue weighted by molar-refractivity contribution is 7.17. The van der Waals surface area contributed by atoms with Gasteiger partial charge in [-0.05, 0) is 17.7 Å². The standard InChI is InChI=1S/C12H9F3N2O2S/c13-12(14,15)8-3-1-2-7(4-8)5-16-11-17-6-9(20-11)10(18)19/h1-4,6H,5H2,(H,16,17)(H,18,19). The first-order chi connectivity index (χ1) is 9.36. The normalized spacial score (nSPS) is 11.3. The molecule has 1 heterocycles. The molecule has 0 atom stereocenters. The summed E-state index contributed by atoms with van der Waals surface area (Å²) in [4.78, 5) is 14.6. The summed E-state index contributed by atoms with van der Waals surface area (Å²) in [6.45, 7) is 0.135. The SMILES string of the molecule is O=C(O)c1cnc(NCc2cccc(C(F)(F)F)c2)s1. The lowest BCUT2D eigenvalue weighted by molar-refractivity contribution is -0.137. The Hall–Kier alpha value is -2.09. The Kier molecular flexibility index (Phi) is 3.93. The molecule has 1 aromatic heterocycles. The van der Waals surface area contributed by atoms with Crippen molar-refractivity contribution in [2.24, 2.45) is 0 Å². The van der Waals surface area contributed by atoms with E-state index in [1.807, 2.05) is 0 Å². The molecule has 0 radical (unpaired) electrons. The summed E-state index contributed by atoms with van der Waals surface area (Å²) >= 11 is 0.926. The van der Waals surface area contributed by atoms with Gasteiger partial charge in [0.25, 0.3) is 0 Å². The van der Waals surface area contributed by atoms with Crippen LogP contribution < -0.4 is 5.32 Å². The van der Waals surface area contributed by atoms with Crippen LogP contribution in [0.3, 0.4) is 0 Å². The van der Waals surface area contributed by atoms with E-state index >= 15 is 0 Å². The Morgan fingerprint density at radius 3 is 2.75 bits per heavy atom. The van der Waals surface area contributed by atoms with Crippen LogP contribution in [0.15, 0.2) is 30.5 Å². The molecule has 1 aromatic carbocycles. The quantitative estimate of drug-likeness (QED) is 0.907. The number of carbonyl (C=O) groups is 1. The number of thiazole rings is 1. The average Bonchev–Trinajstić information content (AvgIpc) is 2.85. The molecule has 0 fully saturated rings. The van der Waals surface area contributed by atoms with Crippen LogP contribution in [0.25, 0.3) is 0 Å². The largest absolute Gasteiger partial charge is 0.477 e. The maximum Gasteiger partial charge on any atom is 0.416 e. The third-order valence-electron chi connectivity index (χ3n) is 2.41. The minimum absolute atomic E-state index is 0.0662. The Morgan fingerprint density at radius 2 is 2.15 bits per heavy atom. The lowest BCUT2D eigenvalue weighted by atomic mass is 10.1. The monoisotopic (exact) mass is 302 g/mol. The van der Waals surface area contributed by atoms with Crippen molar-refractivity contribution in [3.05, 3.63) is 46.5 Å². The summed E-state index contributed by atoms with van der Waals surface area (Å²) in [7, 11) is 0. The number of aromatic nitrogens is 1. The molecule has 0 unspecified atom stereocenters. The number of benzene rings is 1. The zero-order valence-corrected chi connectivity index (χ0v) is 10.8. The van der Waals surface area contributed by atoms with Gasteiger partial charge in [0, 0.05) is 6.54 Å². The van der Waals surface area contributed by atoms with Gasteiger partial charge in [0.1, 0.15) is 4.88 Å². The molecule has 0 spiro atoms. The van der Waals surface area contributed by atoms with Gasteiger partial charge < -0.3 is 10.4 Å². The van der Waals surface area contributed by atoms with E-state index in [9.17, 15) is 18.0 Å². The van der Waals surface area contributed by atoms with Crippen LogP contribution in [0.2, 0.25) is 0 Å². The second-order valence-electron chi connectivity index (χ2n) is 3.89. The van der Waals surface area contributed by atoms with E-state index in [0.29, 0.717) is 10.7 Å². The molecule has 2 rings (SSSR count). The topological polar surface area (TPSA) is 62.2 Å². The van der Waals surface area contributed by atoms with Crippen LogP contribution in [0.1, 0.15) is 20.8 Å². The molecular weight excluding hydrogens is 293 g/mol. The summed E-state index contributed by atoms with van der Waals surface area (Å²) in [6.07, 6.45) is -3.19. The van der Waals surface area contributed by atoms with Gasteiger partial charge >= 0.3 is 12.1 Å². The van der Waals surface area contributed by atoms with Gasteiger partial charge in [-0.25, -0.2) is 9.78 Å². The molecule has 0 aliphatic heterocycles. The van der Waals surface area contributed by atoms with Crippen LogP contribution in [-0.2, 0) is 12.7 Å². The lowest BCUT2D eigenvalue weighted by Crippen LogP contribution is -2.06. The highest BCUT2D eigenvalue weighted by Gasteiger charge is 2.30. The predicted octanol–water partition coefficient (Wildman–Crippen LogP) is 3.47. The second kappa shape index (κ2) is 5.49. The smallest absolute Gasteiger partial charge is 0.416 e. The van der Waals surface area contributed by atoms with Gasteiger partial charge in [-0.15, -0.1) is 0 Å². The molecule has 0 aliphatic carbocycles. The molecule has 0 saturated heterocycles. The molecule has 0 bridgehead atoms. The molecule has 2 N–H and O–H groups in total. The Morgan fingerprint density at radius 1 is 1.40 bits per heavy atom. The summed E-state index contributed by atoms with van der Waals surface area (Å²) < 4.78 is 37.6. The van der Waals surface area contributed by atoms with E-state index in [1.165, 1.54) is 12.3 Å². The maximum atomic E-state index is 12.5. The van der Waals surface area contributed by atoms with E-state index in [2.05, 4.69) is 10.3 Å². The Labute approximate surface area is 115 Å². The van der Waals surface area contributed by atoms with Crippen LogP contribution in [0.4, 0.5) is 18.3 Å². The number of hydrogen-bond acceptors (Lipinski definition) is 4. The van der Waals surface area contributed by atoms with E-state index in [1.54, 1.807) is 6.07 Å². The van der Waals surface area contributed by atoms with Crippen molar-refractivity contribution in [3.63, 3.8) is 0 Å². The fourth-order valence-corrected chi connectivity index (χ4v) is 2.14. The minimum Gasteiger partial charge on any atom is -0.477 e. The van der Waals surface area contributed by atoms with Gasteiger partial charge in [-0.3, -0.25) is 0 Å². The van der Waals surface area contributed by atoms with E-state index in [4.69, 9.17) is 5.11 Å². The summed E-state index contributed by atoms with van der Waals surface area (Å²) in [6, 6.07) is 4.91. The summed E-state index contributed by atoms with van der Waals surface area (Å²) in [5.41, 5.74) is -0.283. The van der Waals surface area contributed by atoms with Crippen molar-refractivity contribution < 1.29 is 23.1 Å². The highest BCUT2D eigenvalue weighted by atomic mass is 32.1. The van der Waals surface area contributed by atoms with Crippen molar-refractivity contribution in [2.75, 3.05) is 5.32 Å². The second-order valence-corrected chi connectivity index (χ2v) is 4.92. The Balaban J connectivity index is 2.05. The molecule has 2 aromatic rings. The number of aromatic carboxylic acids is 1. The zero-order valence-electron chi connectivity index (χ0n) is 9.94. The average molecular weight is 302 g/mol. The summed E-state index contributed by atoms with van der Waals surface area (Å²) in [5.74, 6) is -1.09. The van der Waals surface area contributed by atoms with Crippen molar-refractivity contribution in [2.45, 2.75) is 12.7 Å². The molecule has 106 valence electrons. The minimum atomic E-state index is -4.38. The van der Waals surface area contributed by atoms with Crippen molar-refractivity contribution in [3.8, 4) is 0 Å². The first-order valence-corrected chi connectivity index (χ1v) is 6.27. The number of halogens is 3. The zero-order chi connectivity index (χ0) is 14.8. The van der Waals surface area contributed by atoms with Crippen molar-refractivity contribution >= 4 is 22.4 Å².